The van der Waals surface area contributed by atoms with E-state index in [1.165, 1.54) is 0 Å². The summed E-state index contributed by atoms with van der Waals surface area (Å²) in [6.07, 6.45) is 1.81. The minimum absolute atomic E-state index is 0.0116. The molecule has 20 heavy (non-hydrogen) atoms. The average molecular weight is 280 g/mol. The summed E-state index contributed by atoms with van der Waals surface area (Å²) >= 11 is 0. The molecule has 1 aliphatic rings. The van der Waals surface area contributed by atoms with Gasteiger partial charge in [-0.1, -0.05) is 0 Å². The van der Waals surface area contributed by atoms with Gasteiger partial charge in [0.1, 0.15) is 5.69 Å². The molecule has 1 saturated heterocycles. The van der Waals surface area contributed by atoms with Gasteiger partial charge in [0, 0.05) is 19.1 Å². The minimum Gasteiger partial charge on any atom is -0.380 e. The molecule has 6 heteroatoms. The van der Waals surface area contributed by atoms with Crippen LogP contribution in [0.4, 0.5) is 14.5 Å². The first kappa shape index (κ1) is 14.7. The van der Waals surface area contributed by atoms with E-state index in [-0.39, 0.29) is 11.3 Å². The Balaban J connectivity index is 1.84. The van der Waals surface area contributed by atoms with Crippen LogP contribution in [0.1, 0.15) is 25.3 Å². The molecular formula is C14H18F2N4. The van der Waals surface area contributed by atoms with Crippen LogP contribution in [0.25, 0.3) is 0 Å². The van der Waals surface area contributed by atoms with Gasteiger partial charge in [0.2, 0.25) is 0 Å². The van der Waals surface area contributed by atoms with Gasteiger partial charge in [0.15, 0.2) is 11.6 Å². The molecule has 4 nitrogen and oxygen atoms in total. The molecule has 2 rings (SSSR count). The third kappa shape index (κ3) is 3.44. The summed E-state index contributed by atoms with van der Waals surface area (Å²) in [5, 5.41) is 11.4. The number of hydrogen-bond acceptors (Lipinski definition) is 4. The topological polar surface area (TPSA) is 59.9 Å². The van der Waals surface area contributed by atoms with E-state index in [9.17, 15) is 8.78 Å². The first-order valence-electron chi connectivity index (χ1n) is 6.73. The van der Waals surface area contributed by atoms with Crippen LogP contribution in [-0.2, 0) is 0 Å². The number of nitrogens with zero attached hydrogens (tertiary/aromatic N) is 1. The monoisotopic (exact) mass is 280 g/mol. The summed E-state index contributed by atoms with van der Waals surface area (Å²) in [5.74, 6) is -0.911. The van der Waals surface area contributed by atoms with Gasteiger partial charge in [-0.25, -0.2) is 8.78 Å². The minimum atomic E-state index is -0.723. The molecule has 0 amide bonds. The van der Waals surface area contributed by atoms with E-state index < -0.39 is 11.6 Å². The van der Waals surface area contributed by atoms with Crippen LogP contribution >= 0.6 is 0 Å². The normalized spacial score (nSPS) is 21.7. The Hall–Kier alpha value is -1.71. The fourth-order valence-electron chi connectivity index (χ4n) is 2.38. The fourth-order valence-corrected chi connectivity index (χ4v) is 2.38. The van der Waals surface area contributed by atoms with E-state index in [1.54, 1.807) is 6.07 Å². The van der Waals surface area contributed by atoms with Crippen molar-refractivity contribution >= 4 is 5.69 Å². The summed E-state index contributed by atoms with van der Waals surface area (Å²) in [7, 11) is 0. The predicted octanol–water partition coefficient (Wildman–Crippen LogP) is 2.14. The molecule has 1 fully saturated rings. The largest absolute Gasteiger partial charge is 0.380 e. The molecule has 0 saturated carbocycles. The molecule has 3 N–H and O–H groups in total. The molecule has 0 aliphatic carbocycles. The number of halogens is 2. The molecule has 1 aromatic carbocycles. The van der Waals surface area contributed by atoms with Crippen molar-refractivity contribution in [3.63, 3.8) is 0 Å². The quantitative estimate of drug-likeness (QED) is 0.723. The van der Waals surface area contributed by atoms with Crippen LogP contribution in [0, 0.1) is 28.9 Å². The number of hydrazine groups is 1. The molecule has 1 aromatic rings. The molecule has 1 aliphatic heterocycles. The lowest BCUT2D eigenvalue weighted by Crippen LogP contribution is -2.28. The predicted molar refractivity (Wildman–Crippen MR) is 72.9 cm³/mol. The zero-order chi connectivity index (χ0) is 14.5. The van der Waals surface area contributed by atoms with E-state index >= 15 is 0 Å². The fraction of sp³-hybridized carbons (Fsp3) is 0.500. The van der Waals surface area contributed by atoms with E-state index in [4.69, 9.17) is 5.26 Å². The number of hydrogen-bond donors (Lipinski definition) is 3. The molecule has 0 bridgehead atoms. The van der Waals surface area contributed by atoms with Crippen LogP contribution in [0.15, 0.2) is 12.1 Å². The summed E-state index contributed by atoms with van der Waals surface area (Å²) in [4.78, 5) is 0. The van der Waals surface area contributed by atoms with Crippen molar-refractivity contribution in [3.8, 4) is 6.07 Å². The average Bonchev–Trinajstić information content (AvgIpc) is 2.82. The van der Waals surface area contributed by atoms with Crippen LogP contribution in [0.5, 0.6) is 0 Å². The van der Waals surface area contributed by atoms with Crippen molar-refractivity contribution in [1.82, 2.24) is 10.9 Å². The second kappa shape index (κ2) is 6.64. The van der Waals surface area contributed by atoms with Gasteiger partial charge in [-0.15, -0.1) is 0 Å². The van der Waals surface area contributed by atoms with Crippen LogP contribution in [0.3, 0.4) is 0 Å². The van der Waals surface area contributed by atoms with E-state index in [1.807, 2.05) is 0 Å². The molecule has 0 aromatic heterocycles. The summed E-state index contributed by atoms with van der Waals surface area (Å²) in [5.41, 5.74) is 6.06. The van der Waals surface area contributed by atoms with Crippen molar-refractivity contribution in [2.24, 2.45) is 5.92 Å². The van der Waals surface area contributed by atoms with Gasteiger partial charge in [0.05, 0.1) is 11.6 Å². The number of rotatable bonds is 5. The molecule has 1 heterocycles. The van der Waals surface area contributed by atoms with Crippen molar-refractivity contribution < 1.29 is 8.78 Å². The number of anilines is 1. The number of nitrogens with one attached hydrogen (secondary N) is 3. The lowest BCUT2D eigenvalue weighted by molar-refractivity contribution is 0.451. The summed E-state index contributed by atoms with van der Waals surface area (Å²) in [6, 6.07) is 4.22. The lowest BCUT2D eigenvalue weighted by atomic mass is 9.98. The molecule has 2 unspecified atom stereocenters. The summed E-state index contributed by atoms with van der Waals surface area (Å²) in [6.45, 7) is 3.53. The van der Waals surface area contributed by atoms with Gasteiger partial charge in [-0.3, -0.25) is 10.9 Å². The van der Waals surface area contributed by atoms with Crippen molar-refractivity contribution in [2.45, 2.75) is 25.8 Å². The Labute approximate surface area is 117 Å². The zero-order valence-corrected chi connectivity index (χ0v) is 11.3. The van der Waals surface area contributed by atoms with Crippen LogP contribution < -0.4 is 16.2 Å². The number of nitriles is 1. The third-order valence-electron chi connectivity index (χ3n) is 3.63. The molecular weight excluding hydrogens is 262 g/mol. The Morgan fingerprint density at radius 1 is 1.40 bits per heavy atom. The highest BCUT2D eigenvalue weighted by molar-refractivity contribution is 5.50. The second-order valence-corrected chi connectivity index (χ2v) is 5.07. The first-order valence-corrected chi connectivity index (χ1v) is 6.73. The Morgan fingerprint density at radius 2 is 2.10 bits per heavy atom. The van der Waals surface area contributed by atoms with Gasteiger partial charge >= 0.3 is 0 Å². The highest BCUT2D eigenvalue weighted by Gasteiger charge is 2.21. The van der Waals surface area contributed by atoms with Crippen molar-refractivity contribution in [3.05, 3.63) is 29.3 Å². The third-order valence-corrected chi connectivity index (χ3v) is 3.63. The molecule has 0 spiro atoms. The Kier molecular flexibility index (Phi) is 4.88. The summed E-state index contributed by atoms with van der Waals surface area (Å²) < 4.78 is 27.2. The van der Waals surface area contributed by atoms with Gasteiger partial charge < -0.3 is 5.32 Å². The van der Waals surface area contributed by atoms with Gasteiger partial charge in [0.25, 0.3) is 0 Å². The molecule has 0 radical (unpaired) electrons. The van der Waals surface area contributed by atoms with Crippen LogP contribution in [-0.4, -0.2) is 19.1 Å². The van der Waals surface area contributed by atoms with Crippen molar-refractivity contribution in [2.75, 3.05) is 18.4 Å². The smallest absolute Gasteiger partial charge is 0.150 e. The van der Waals surface area contributed by atoms with Crippen LogP contribution in [0.2, 0.25) is 0 Å². The van der Waals surface area contributed by atoms with E-state index in [0.29, 0.717) is 18.5 Å². The Bertz CT molecular complexity index is 489. The maximum atomic E-state index is 13.6. The SMILES string of the molecule is CC1NNCC1CCCNc1c(F)cc(C#N)cc1F. The Morgan fingerprint density at radius 3 is 2.65 bits per heavy atom. The molecule has 2 atom stereocenters. The maximum absolute atomic E-state index is 13.6. The molecule has 108 valence electrons. The maximum Gasteiger partial charge on any atom is 0.150 e. The van der Waals surface area contributed by atoms with Gasteiger partial charge in [-0.05, 0) is 37.8 Å². The first-order chi connectivity index (χ1) is 9.61. The van der Waals surface area contributed by atoms with Crippen molar-refractivity contribution in [1.29, 1.82) is 5.26 Å². The van der Waals surface area contributed by atoms with E-state index in [0.717, 1.165) is 31.5 Å². The standard InChI is InChI=1S/C14H18F2N4/c1-9-11(8-19-20-9)3-2-4-18-14-12(15)5-10(7-17)6-13(14)16/h5-6,9,11,18-20H,2-4,8H2,1H3. The zero-order valence-electron chi connectivity index (χ0n) is 11.3. The van der Waals surface area contributed by atoms with E-state index in [2.05, 4.69) is 23.1 Å². The number of benzene rings is 1. The lowest BCUT2D eigenvalue weighted by Gasteiger charge is -2.14. The highest BCUT2D eigenvalue weighted by Crippen LogP contribution is 2.21. The van der Waals surface area contributed by atoms with Gasteiger partial charge in [-0.2, -0.15) is 5.26 Å². The highest BCUT2D eigenvalue weighted by atomic mass is 19.1. The second-order valence-electron chi connectivity index (χ2n) is 5.07.